The first-order valence-electron chi connectivity index (χ1n) is 8.87. The van der Waals surface area contributed by atoms with Crippen molar-refractivity contribution in [1.29, 1.82) is 0 Å². The Morgan fingerprint density at radius 1 is 1.19 bits per heavy atom. The summed E-state index contributed by atoms with van der Waals surface area (Å²) in [5.74, 6) is 0.225. The van der Waals surface area contributed by atoms with Crippen LogP contribution in [0.2, 0.25) is 0 Å². The van der Waals surface area contributed by atoms with Crippen LogP contribution in [-0.4, -0.2) is 75.1 Å². The van der Waals surface area contributed by atoms with Gasteiger partial charge in [-0.25, -0.2) is 12.8 Å². The quantitative estimate of drug-likeness (QED) is 0.611. The number of nitrogens with two attached hydrogens (primary N) is 1. The van der Waals surface area contributed by atoms with Gasteiger partial charge in [0.05, 0.1) is 12.8 Å². The molecule has 1 aromatic carbocycles. The van der Waals surface area contributed by atoms with Gasteiger partial charge in [0.15, 0.2) is 5.96 Å². The molecule has 2 aliphatic heterocycles. The van der Waals surface area contributed by atoms with Crippen LogP contribution in [0.3, 0.4) is 0 Å². The minimum Gasteiger partial charge on any atom is -0.370 e. The molecule has 2 saturated heterocycles. The Morgan fingerprint density at radius 2 is 1.85 bits per heavy atom. The van der Waals surface area contributed by atoms with E-state index in [-0.39, 0.29) is 11.9 Å². The van der Waals surface area contributed by atoms with Gasteiger partial charge in [-0.2, -0.15) is 4.31 Å². The zero-order valence-electron chi connectivity index (χ0n) is 15.0. The molecule has 26 heavy (non-hydrogen) atoms. The van der Waals surface area contributed by atoms with Gasteiger partial charge < -0.3 is 15.5 Å². The van der Waals surface area contributed by atoms with Gasteiger partial charge in [-0.15, -0.1) is 0 Å². The van der Waals surface area contributed by atoms with Crippen molar-refractivity contribution in [1.82, 2.24) is 9.21 Å². The molecule has 0 saturated carbocycles. The monoisotopic (exact) mass is 383 g/mol. The summed E-state index contributed by atoms with van der Waals surface area (Å²) in [6.45, 7) is 3.98. The number of halogens is 1. The smallest absolute Gasteiger partial charge is 0.211 e. The van der Waals surface area contributed by atoms with Crippen molar-refractivity contribution in [3.05, 3.63) is 30.1 Å². The van der Waals surface area contributed by atoms with E-state index < -0.39 is 10.0 Å². The third kappa shape index (κ3) is 4.45. The molecule has 1 aromatic rings. The Labute approximate surface area is 154 Å². The zero-order chi connectivity index (χ0) is 18.7. The lowest BCUT2D eigenvalue weighted by atomic mass is 10.2. The van der Waals surface area contributed by atoms with Crippen molar-refractivity contribution >= 4 is 21.7 Å². The topological polar surface area (TPSA) is 82.2 Å². The second kappa shape index (κ2) is 7.79. The van der Waals surface area contributed by atoms with E-state index in [4.69, 9.17) is 5.73 Å². The summed E-state index contributed by atoms with van der Waals surface area (Å²) in [5, 5.41) is 0. The summed E-state index contributed by atoms with van der Waals surface area (Å²) >= 11 is 0. The first-order chi connectivity index (χ1) is 12.3. The van der Waals surface area contributed by atoms with Crippen molar-refractivity contribution in [2.24, 2.45) is 10.7 Å². The fourth-order valence-electron chi connectivity index (χ4n) is 3.57. The lowest BCUT2D eigenvalue weighted by molar-refractivity contribution is 0.372. The van der Waals surface area contributed by atoms with Crippen LogP contribution in [0.15, 0.2) is 29.3 Å². The minimum atomic E-state index is -3.19. The van der Waals surface area contributed by atoms with Gasteiger partial charge in [-0.1, -0.05) is 0 Å². The number of anilines is 1. The second-order valence-electron chi connectivity index (χ2n) is 6.82. The number of rotatable bonds is 4. The predicted octanol–water partition coefficient (Wildman–Crippen LogP) is 0.686. The van der Waals surface area contributed by atoms with Crippen LogP contribution in [0.25, 0.3) is 0 Å². The van der Waals surface area contributed by atoms with Crippen molar-refractivity contribution in [3.8, 4) is 0 Å². The number of guanidine groups is 1. The zero-order valence-corrected chi connectivity index (χ0v) is 15.8. The van der Waals surface area contributed by atoms with Crippen LogP contribution >= 0.6 is 0 Å². The SMILES string of the molecule is CS(=O)(=O)N1CCC[C@@H]1CN=C(N)N1CCN(c2ccc(F)cc2)CC1. The fourth-order valence-corrected chi connectivity index (χ4v) is 4.75. The first kappa shape index (κ1) is 18.9. The van der Waals surface area contributed by atoms with Gasteiger partial charge in [0.2, 0.25) is 10.0 Å². The number of sulfonamides is 1. The van der Waals surface area contributed by atoms with E-state index >= 15 is 0 Å². The molecule has 2 heterocycles. The van der Waals surface area contributed by atoms with Gasteiger partial charge >= 0.3 is 0 Å². The van der Waals surface area contributed by atoms with E-state index in [9.17, 15) is 12.8 Å². The Bertz CT molecular complexity index is 745. The van der Waals surface area contributed by atoms with Crippen LogP contribution in [0.5, 0.6) is 0 Å². The number of benzene rings is 1. The third-order valence-corrected chi connectivity index (χ3v) is 6.34. The highest BCUT2D eigenvalue weighted by molar-refractivity contribution is 7.88. The van der Waals surface area contributed by atoms with E-state index in [0.717, 1.165) is 44.7 Å². The van der Waals surface area contributed by atoms with Crippen molar-refractivity contribution in [2.45, 2.75) is 18.9 Å². The molecule has 0 bridgehead atoms. The van der Waals surface area contributed by atoms with Gasteiger partial charge in [-0.3, -0.25) is 4.99 Å². The molecule has 0 radical (unpaired) electrons. The van der Waals surface area contributed by atoms with Crippen molar-refractivity contribution in [2.75, 3.05) is 50.4 Å². The summed E-state index contributed by atoms with van der Waals surface area (Å²) in [4.78, 5) is 8.65. The summed E-state index contributed by atoms with van der Waals surface area (Å²) in [7, 11) is -3.19. The van der Waals surface area contributed by atoms with E-state index in [2.05, 4.69) is 9.89 Å². The van der Waals surface area contributed by atoms with E-state index in [0.29, 0.717) is 19.0 Å². The Balaban J connectivity index is 1.54. The summed E-state index contributed by atoms with van der Waals surface area (Å²) in [6.07, 6.45) is 2.93. The molecule has 1 atom stereocenters. The van der Waals surface area contributed by atoms with Crippen LogP contribution in [0.1, 0.15) is 12.8 Å². The van der Waals surface area contributed by atoms with Crippen molar-refractivity contribution < 1.29 is 12.8 Å². The van der Waals surface area contributed by atoms with Crippen LogP contribution in [0, 0.1) is 5.82 Å². The largest absolute Gasteiger partial charge is 0.370 e. The molecule has 0 aromatic heterocycles. The highest BCUT2D eigenvalue weighted by Crippen LogP contribution is 2.21. The first-order valence-corrected chi connectivity index (χ1v) is 10.7. The highest BCUT2D eigenvalue weighted by atomic mass is 32.2. The number of piperazine rings is 1. The molecule has 2 N–H and O–H groups in total. The van der Waals surface area contributed by atoms with Gasteiger partial charge in [0.25, 0.3) is 0 Å². The minimum absolute atomic E-state index is 0.0935. The fraction of sp³-hybridized carbons (Fsp3) is 0.588. The average Bonchev–Trinajstić information content (AvgIpc) is 3.09. The van der Waals surface area contributed by atoms with Gasteiger partial charge in [0.1, 0.15) is 5.82 Å². The molecule has 7 nitrogen and oxygen atoms in total. The summed E-state index contributed by atoms with van der Waals surface area (Å²) in [6, 6.07) is 6.40. The standard InChI is InChI=1S/C17H26FN5O2S/c1-26(24,25)23-8-2-3-16(23)13-20-17(19)22-11-9-21(10-12-22)15-6-4-14(18)5-7-15/h4-7,16H,2-3,8-13H2,1H3,(H2,19,20)/t16-/m1/s1. The van der Waals surface area contributed by atoms with E-state index in [1.807, 2.05) is 4.90 Å². The molecule has 0 unspecified atom stereocenters. The number of hydrogen-bond acceptors (Lipinski definition) is 4. The molecular weight excluding hydrogens is 357 g/mol. The predicted molar refractivity (Wildman–Crippen MR) is 101 cm³/mol. The molecule has 3 rings (SSSR count). The molecule has 2 fully saturated rings. The normalized spacial score (nSPS) is 22.8. The summed E-state index contributed by atoms with van der Waals surface area (Å²) in [5.41, 5.74) is 7.12. The Hall–Kier alpha value is -1.87. The van der Waals surface area contributed by atoms with E-state index in [1.165, 1.54) is 22.7 Å². The van der Waals surface area contributed by atoms with E-state index in [1.54, 1.807) is 12.1 Å². The molecule has 0 amide bonds. The van der Waals surface area contributed by atoms with Gasteiger partial charge in [-0.05, 0) is 37.1 Å². The number of hydrogen-bond donors (Lipinski definition) is 1. The Morgan fingerprint density at radius 3 is 2.46 bits per heavy atom. The number of aliphatic imine (C=N–C) groups is 1. The molecule has 9 heteroatoms. The lowest BCUT2D eigenvalue weighted by Gasteiger charge is -2.36. The highest BCUT2D eigenvalue weighted by Gasteiger charge is 2.31. The maximum Gasteiger partial charge on any atom is 0.211 e. The molecule has 0 spiro atoms. The molecule has 144 valence electrons. The summed E-state index contributed by atoms with van der Waals surface area (Å²) < 4.78 is 38.1. The van der Waals surface area contributed by atoms with Crippen LogP contribution in [-0.2, 0) is 10.0 Å². The average molecular weight is 383 g/mol. The number of nitrogens with zero attached hydrogens (tertiary/aromatic N) is 4. The third-order valence-electron chi connectivity index (χ3n) is 5.01. The van der Waals surface area contributed by atoms with Crippen LogP contribution in [0.4, 0.5) is 10.1 Å². The van der Waals surface area contributed by atoms with Crippen molar-refractivity contribution in [3.63, 3.8) is 0 Å². The maximum atomic E-state index is 13.0. The molecule has 0 aliphatic carbocycles. The molecular formula is C17H26FN5O2S. The Kier molecular flexibility index (Phi) is 5.67. The lowest BCUT2D eigenvalue weighted by Crippen LogP contribution is -2.51. The van der Waals surface area contributed by atoms with Crippen LogP contribution < -0.4 is 10.6 Å². The van der Waals surface area contributed by atoms with Gasteiger partial charge in [0, 0.05) is 44.5 Å². The maximum absolute atomic E-state index is 13.0. The molecule has 2 aliphatic rings. The second-order valence-corrected chi connectivity index (χ2v) is 8.75.